The molecule has 0 spiro atoms. The number of carbonyl (C=O) groups excluding carboxylic acids is 3. The van der Waals surface area contributed by atoms with Crippen molar-refractivity contribution in [2.75, 3.05) is 28.4 Å². The van der Waals surface area contributed by atoms with Gasteiger partial charge in [0.15, 0.2) is 11.6 Å². The minimum Gasteiger partial charge on any atom is -0.497 e. The predicted molar refractivity (Wildman–Crippen MR) is 120 cm³/mol. The van der Waals surface area contributed by atoms with E-state index in [9.17, 15) is 14.4 Å². The third kappa shape index (κ3) is 5.41. The van der Waals surface area contributed by atoms with Crippen molar-refractivity contribution in [2.45, 2.75) is 12.6 Å². The zero-order chi connectivity index (χ0) is 24.1. The molecular weight excluding hydrogens is 452 g/mol. The highest BCUT2D eigenvalue weighted by molar-refractivity contribution is 6.30. The van der Waals surface area contributed by atoms with E-state index in [1.54, 1.807) is 51.5 Å². The normalized spacial score (nSPS) is 16.3. The zero-order valence-corrected chi connectivity index (χ0v) is 19.2. The molecule has 0 saturated carbocycles. The molecule has 1 unspecified atom stereocenters. The number of carbonyl (C=O) groups is 3. The maximum atomic E-state index is 11.5. The van der Waals surface area contributed by atoms with Gasteiger partial charge in [0.05, 0.1) is 13.3 Å². The van der Waals surface area contributed by atoms with Crippen molar-refractivity contribution in [3.63, 3.8) is 0 Å². The number of nitrogens with one attached hydrogen (secondary N) is 2. The first-order valence-corrected chi connectivity index (χ1v) is 10.1. The lowest BCUT2D eigenvalue weighted by molar-refractivity contribution is -0.120. The van der Waals surface area contributed by atoms with Gasteiger partial charge in [-0.25, -0.2) is 9.78 Å². The number of pyridine rings is 1. The largest absolute Gasteiger partial charge is 0.497 e. The molecule has 11 heteroatoms. The van der Waals surface area contributed by atoms with Crippen LogP contribution in [0.1, 0.15) is 27.7 Å². The van der Waals surface area contributed by atoms with E-state index in [0.29, 0.717) is 23.0 Å². The van der Waals surface area contributed by atoms with Crippen LogP contribution in [0.25, 0.3) is 11.0 Å². The van der Waals surface area contributed by atoms with Crippen LogP contribution in [0.3, 0.4) is 0 Å². The van der Waals surface area contributed by atoms with Crippen LogP contribution >= 0.6 is 11.6 Å². The van der Waals surface area contributed by atoms with Crippen LogP contribution in [0.4, 0.5) is 4.79 Å². The van der Waals surface area contributed by atoms with Crippen LogP contribution < -0.4 is 15.4 Å². The minimum atomic E-state index is -0.798. The smallest absolute Gasteiger partial charge is 0.322 e. The molecule has 33 heavy (non-hydrogen) atoms. The van der Waals surface area contributed by atoms with Crippen molar-refractivity contribution in [1.82, 2.24) is 20.5 Å². The number of fused-ring (bicyclic) bond motifs is 2. The second kappa shape index (κ2) is 10.3. The maximum Gasteiger partial charge on any atom is 0.322 e. The molecule has 10 nitrogen and oxygen atoms in total. The first-order valence-electron chi connectivity index (χ1n) is 9.76. The molecule has 4 heterocycles. The number of ether oxygens (including phenoxy) is 2. The predicted octanol–water partition coefficient (Wildman–Crippen LogP) is 2.91. The standard InChI is InChI=1S/C10H6ClN3O3.C10H11NO2.C2H6O/c11-7-2-4-1-5(17-6(4)3-12-7)8-9(15)14-10(16)13-8;1-11-6-7-3-4-8(13-2)5-9(7)10(11)12;1-3-2/h1-3,8H,(H2,13,14,15,16);3-5H,6H2,1-2H3;1-2H3. The number of rotatable bonds is 2. The van der Waals surface area contributed by atoms with E-state index in [4.69, 9.17) is 20.8 Å². The summed E-state index contributed by atoms with van der Waals surface area (Å²) < 4.78 is 14.7. The molecule has 2 aromatic heterocycles. The lowest BCUT2D eigenvalue weighted by Crippen LogP contribution is -2.22. The van der Waals surface area contributed by atoms with E-state index in [2.05, 4.69) is 20.4 Å². The number of hydrogen-bond donors (Lipinski definition) is 2. The number of amides is 4. The van der Waals surface area contributed by atoms with E-state index >= 15 is 0 Å². The summed E-state index contributed by atoms with van der Waals surface area (Å²) in [6.07, 6.45) is 1.47. The van der Waals surface area contributed by atoms with Crippen molar-refractivity contribution in [2.24, 2.45) is 0 Å². The van der Waals surface area contributed by atoms with Crippen molar-refractivity contribution < 1.29 is 28.3 Å². The first-order chi connectivity index (χ1) is 15.8. The minimum absolute atomic E-state index is 0.0777. The number of urea groups is 1. The number of halogens is 1. The molecule has 1 aromatic carbocycles. The fraction of sp³-hybridized carbons (Fsp3) is 0.273. The number of imide groups is 1. The summed E-state index contributed by atoms with van der Waals surface area (Å²) in [6.45, 7) is 0.707. The summed E-state index contributed by atoms with van der Waals surface area (Å²) in [7, 11) is 6.65. The molecule has 2 aliphatic heterocycles. The Morgan fingerprint density at radius 2 is 1.88 bits per heavy atom. The number of aromatic nitrogens is 1. The average molecular weight is 475 g/mol. The number of methoxy groups -OCH3 is 2. The van der Waals surface area contributed by atoms with Crippen molar-refractivity contribution >= 4 is 40.4 Å². The van der Waals surface area contributed by atoms with Gasteiger partial charge in [0.25, 0.3) is 11.8 Å². The van der Waals surface area contributed by atoms with Crippen LogP contribution in [0.5, 0.6) is 5.75 Å². The Bertz CT molecular complexity index is 1190. The summed E-state index contributed by atoms with van der Waals surface area (Å²) in [6, 6.07) is 7.56. The van der Waals surface area contributed by atoms with Gasteiger partial charge in [-0.2, -0.15) is 0 Å². The molecule has 3 aromatic rings. The van der Waals surface area contributed by atoms with Gasteiger partial charge in [0.1, 0.15) is 16.7 Å². The van der Waals surface area contributed by atoms with E-state index in [1.807, 2.05) is 12.1 Å². The van der Waals surface area contributed by atoms with E-state index < -0.39 is 18.0 Å². The molecular formula is C22H23ClN4O6. The average Bonchev–Trinajstić information content (AvgIpc) is 3.43. The molecule has 2 aliphatic rings. The summed E-state index contributed by atoms with van der Waals surface area (Å²) >= 11 is 5.74. The number of furan rings is 1. The molecule has 0 radical (unpaired) electrons. The van der Waals surface area contributed by atoms with Gasteiger partial charge >= 0.3 is 6.03 Å². The van der Waals surface area contributed by atoms with Gasteiger partial charge in [-0.1, -0.05) is 17.7 Å². The molecule has 1 atom stereocenters. The highest BCUT2D eigenvalue weighted by atomic mass is 35.5. The van der Waals surface area contributed by atoms with Crippen molar-refractivity contribution in [1.29, 1.82) is 0 Å². The highest BCUT2D eigenvalue weighted by Crippen LogP contribution is 2.27. The Balaban J connectivity index is 0.000000171. The summed E-state index contributed by atoms with van der Waals surface area (Å²) in [4.78, 5) is 39.5. The Morgan fingerprint density at radius 1 is 1.15 bits per heavy atom. The number of benzene rings is 1. The first kappa shape index (κ1) is 24.0. The Labute approximate surface area is 194 Å². The van der Waals surface area contributed by atoms with Gasteiger partial charge in [-0.3, -0.25) is 14.9 Å². The van der Waals surface area contributed by atoms with E-state index in [-0.39, 0.29) is 5.91 Å². The summed E-state index contributed by atoms with van der Waals surface area (Å²) in [5, 5.41) is 5.65. The topological polar surface area (TPSA) is 123 Å². The lowest BCUT2D eigenvalue weighted by Gasteiger charge is -2.04. The number of nitrogens with zero attached hydrogens (tertiary/aromatic N) is 2. The molecule has 4 amide bonds. The van der Waals surface area contributed by atoms with Crippen LogP contribution in [0.15, 0.2) is 40.9 Å². The van der Waals surface area contributed by atoms with Gasteiger partial charge in [-0.15, -0.1) is 0 Å². The Morgan fingerprint density at radius 3 is 2.52 bits per heavy atom. The molecule has 1 fully saturated rings. The van der Waals surface area contributed by atoms with Gasteiger partial charge < -0.3 is 24.1 Å². The SMILES string of the molecule is COC.COc1ccc2c(c1)C(=O)N(C)C2.O=C1NC(=O)C(c2cc3cc(Cl)ncc3o2)N1. The summed E-state index contributed by atoms with van der Waals surface area (Å²) in [5.41, 5.74) is 2.36. The zero-order valence-electron chi connectivity index (χ0n) is 18.5. The second-order valence-corrected chi connectivity index (χ2v) is 7.57. The molecule has 2 N–H and O–H groups in total. The lowest BCUT2D eigenvalue weighted by atomic mass is 10.1. The fourth-order valence-corrected chi connectivity index (χ4v) is 3.42. The van der Waals surface area contributed by atoms with Gasteiger partial charge in [-0.05, 0) is 29.8 Å². The highest BCUT2D eigenvalue weighted by Gasteiger charge is 2.33. The summed E-state index contributed by atoms with van der Waals surface area (Å²) in [5.74, 6) is 0.733. The van der Waals surface area contributed by atoms with Crippen molar-refractivity contribution in [3.8, 4) is 5.75 Å². The quantitative estimate of drug-likeness (QED) is 0.432. The fourth-order valence-electron chi connectivity index (χ4n) is 3.25. The molecule has 0 bridgehead atoms. The van der Waals surface area contributed by atoms with Gasteiger partial charge in [0.2, 0.25) is 0 Å². The van der Waals surface area contributed by atoms with Crippen LogP contribution in [0, 0.1) is 0 Å². The molecule has 1 saturated heterocycles. The molecule has 174 valence electrons. The second-order valence-electron chi connectivity index (χ2n) is 7.18. The van der Waals surface area contributed by atoms with E-state index in [0.717, 1.165) is 22.3 Å². The van der Waals surface area contributed by atoms with E-state index in [1.165, 1.54) is 6.20 Å². The van der Waals surface area contributed by atoms with Crippen LogP contribution in [-0.4, -0.2) is 56.1 Å². The Kier molecular flexibility index (Phi) is 7.52. The molecule has 0 aliphatic carbocycles. The molecule has 5 rings (SSSR count). The Hall–Kier alpha value is -3.63. The van der Waals surface area contributed by atoms with Crippen LogP contribution in [-0.2, 0) is 16.1 Å². The third-order valence-electron chi connectivity index (χ3n) is 4.75. The maximum absolute atomic E-state index is 11.5. The van der Waals surface area contributed by atoms with Crippen molar-refractivity contribution in [3.05, 3.63) is 58.6 Å². The van der Waals surface area contributed by atoms with Crippen LogP contribution in [0.2, 0.25) is 5.15 Å². The monoisotopic (exact) mass is 474 g/mol. The third-order valence-corrected chi connectivity index (χ3v) is 4.96. The van der Waals surface area contributed by atoms with Gasteiger partial charge in [0, 0.05) is 38.8 Å². The number of hydrogen-bond acceptors (Lipinski definition) is 7.